The van der Waals surface area contributed by atoms with Gasteiger partial charge in [-0.2, -0.15) is 0 Å². The van der Waals surface area contributed by atoms with Gasteiger partial charge in [0.05, 0.1) is 6.54 Å². The van der Waals surface area contributed by atoms with Gasteiger partial charge < -0.3 is 11.1 Å². The molecule has 1 fully saturated rings. The molecule has 1 saturated carbocycles. The maximum absolute atomic E-state index is 11.8. The molecule has 1 aromatic rings. The van der Waals surface area contributed by atoms with Crippen LogP contribution in [-0.4, -0.2) is 37.0 Å². The summed E-state index contributed by atoms with van der Waals surface area (Å²) in [6.45, 7) is 0.829. The fourth-order valence-corrected chi connectivity index (χ4v) is 2.22. The summed E-state index contributed by atoms with van der Waals surface area (Å²) in [5.41, 5.74) is 6.90. The second-order valence-electron chi connectivity index (χ2n) is 5.06. The Bertz CT molecular complexity index is 431. The lowest BCUT2D eigenvalue weighted by Gasteiger charge is -2.26. The topological polar surface area (TPSA) is 58.4 Å². The standard InChI is InChI=1S/C14H20ClN3O/c1-18(9-14(19)17-12-6-7-12)13(8-16)10-2-4-11(15)5-3-10/h2-5,12-13H,6-9,16H2,1H3,(H,17,19). The molecule has 4 nitrogen and oxygen atoms in total. The molecule has 0 heterocycles. The van der Waals surface area contributed by atoms with Gasteiger partial charge in [-0.15, -0.1) is 0 Å². The number of carbonyl (C=O) groups is 1. The molecule has 1 aliphatic rings. The summed E-state index contributed by atoms with van der Waals surface area (Å²) < 4.78 is 0. The van der Waals surface area contributed by atoms with Gasteiger partial charge in [-0.3, -0.25) is 9.69 Å². The van der Waals surface area contributed by atoms with Crippen molar-refractivity contribution in [2.24, 2.45) is 5.73 Å². The van der Waals surface area contributed by atoms with Gasteiger partial charge in [0, 0.05) is 23.7 Å². The highest BCUT2D eigenvalue weighted by Crippen LogP contribution is 2.21. The van der Waals surface area contributed by atoms with Crippen molar-refractivity contribution in [3.8, 4) is 0 Å². The molecule has 1 unspecified atom stereocenters. The van der Waals surface area contributed by atoms with Crippen LogP contribution in [0.4, 0.5) is 0 Å². The second-order valence-corrected chi connectivity index (χ2v) is 5.50. The van der Waals surface area contributed by atoms with E-state index in [0.717, 1.165) is 18.4 Å². The Labute approximate surface area is 118 Å². The molecular formula is C14H20ClN3O. The predicted molar refractivity (Wildman–Crippen MR) is 77.0 cm³/mol. The van der Waals surface area contributed by atoms with Gasteiger partial charge in [0.1, 0.15) is 0 Å². The van der Waals surface area contributed by atoms with E-state index in [-0.39, 0.29) is 11.9 Å². The van der Waals surface area contributed by atoms with E-state index in [4.69, 9.17) is 17.3 Å². The average Bonchev–Trinajstić information content (AvgIpc) is 3.16. The normalized spacial score (nSPS) is 16.4. The molecule has 1 aliphatic carbocycles. The van der Waals surface area contributed by atoms with E-state index in [2.05, 4.69) is 5.32 Å². The van der Waals surface area contributed by atoms with Crippen LogP contribution < -0.4 is 11.1 Å². The number of amides is 1. The molecule has 0 aliphatic heterocycles. The number of likely N-dealkylation sites (N-methyl/N-ethyl adjacent to an activating group) is 1. The lowest BCUT2D eigenvalue weighted by atomic mass is 10.1. The molecule has 0 bridgehead atoms. The maximum Gasteiger partial charge on any atom is 0.234 e. The first-order valence-corrected chi connectivity index (χ1v) is 6.93. The van der Waals surface area contributed by atoms with Gasteiger partial charge >= 0.3 is 0 Å². The zero-order chi connectivity index (χ0) is 13.8. The zero-order valence-corrected chi connectivity index (χ0v) is 11.9. The molecule has 1 amide bonds. The number of nitrogens with two attached hydrogens (primary N) is 1. The largest absolute Gasteiger partial charge is 0.352 e. The Morgan fingerprint density at radius 2 is 2.11 bits per heavy atom. The number of rotatable bonds is 6. The Balaban J connectivity index is 1.95. The minimum atomic E-state index is 0.0298. The first-order valence-electron chi connectivity index (χ1n) is 6.55. The van der Waals surface area contributed by atoms with E-state index >= 15 is 0 Å². The fourth-order valence-electron chi connectivity index (χ4n) is 2.09. The highest BCUT2D eigenvalue weighted by atomic mass is 35.5. The quantitative estimate of drug-likeness (QED) is 0.832. The van der Waals surface area contributed by atoms with Crippen LogP contribution in [0, 0.1) is 0 Å². The van der Waals surface area contributed by atoms with Gasteiger partial charge in [-0.1, -0.05) is 23.7 Å². The van der Waals surface area contributed by atoms with E-state index in [9.17, 15) is 4.79 Å². The van der Waals surface area contributed by atoms with Crippen molar-refractivity contribution >= 4 is 17.5 Å². The predicted octanol–water partition coefficient (Wildman–Crippen LogP) is 1.55. The first-order chi connectivity index (χ1) is 9.10. The lowest BCUT2D eigenvalue weighted by Crippen LogP contribution is -2.40. The van der Waals surface area contributed by atoms with Gasteiger partial charge in [-0.05, 0) is 37.6 Å². The number of hydrogen-bond acceptors (Lipinski definition) is 3. The number of halogens is 1. The summed E-state index contributed by atoms with van der Waals surface area (Å²) in [6, 6.07) is 8.02. The third-order valence-electron chi connectivity index (χ3n) is 3.35. The Morgan fingerprint density at radius 3 is 2.63 bits per heavy atom. The molecule has 0 radical (unpaired) electrons. The molecule has 2 rings (SSSR count). The highest BCUT2D eigenvalue weighted by molar-refractivity contribution is 6.30. The van der Waals surface area contributed by atoms with Crippen LogP contribution in [0.3, 0.4) is 0 Å². The Morgan fingerprint density at radius 1 is 1.47 bits per heavy atom. The molecule has 1 atom stereocenters. The number of nitrogens with zero attached hydrogens (tertiary/aromatic N) is 1. The first kappa shape index (κ1) is 14.3. The lowest BCUT2D eigenvalue weighted by molar-refractivity contribution is -0.122. The van der Waals surface area contributed by atoms with E-state index in [1.807, 2.05) is 36.2 Å². The van der Waals surface area contributed by atoms with Crippen molar-refractivity contribution in [2.75, 3.05) is 20.1 Å². The van der Waals surface area contributed by atoms with Gasteiger partial charge in [0.15, 0.2) is 0 Å². The summed E-state index contributed by atoms with van der Waals surface area (Å²) in [4.78, 5) is 13.8. The molecule has 19 heavy (non-hydrogen) atoms. The number of hydrogen-bond donors (Lipinski definition) is 2. The summed E-state index contributed by atoms with van der Waals surface area (Å²) in [6.07, 6.45) is 2.21. The maximum atomic E-state index is 11.8. The van der Waals surface area contributed by atoms with Crippen LogP contribution in [0.5, 0.6) is 0 Å². The Hall–Kier alpha value is -1.10. The van der Waals surface area contributed by atoms with Crippen molar-refractivity contribution in [3.05, 3.63) is 34.9 Å². The second kappa shape index (κ2) is 6.37. The van der Waals surface area contributed by atoms with Crippen molar-refractivity contribution in [1.29, 1.82) is 0 Å². The molecule has 104 valence electrons. The molecule has 0 saturated heterocycles. The highest BCUT2D eigenvalue weighted by Gasteiger charge is 2.25. The van der Waals surface area contributed by atoms with Gasteiger partial charge in [-0.25, -0.2) is 0 Å². The number of benzene rings is 1. The Kier molecular flexibility index (Phi) is 4.80. The van der Waals surface area contributed by atoms with Crippen LogP contribution in [0.15, 0.2) is 24.3 Å². The van der Waals surface area contributed by atoms with Crippen molar-refractivity contribution in [3.63, 3.8) is 0 Å². The van der Waals surface area contributed by atoms with Crippen LogP contribution in [0.25, 0.3) is 0 Å². The minimum Gasteiger partial charge on any atom is -0.352 e. The summed E-state index contributed by atoms with van der Waals surface area (Å²) >= 11 is 5.88. The van der Waals surface area contributed by atoms with Crippen LogP contribution in [0.1, 0.15) is 24.4 Å². The summed E-state index contributed by atoms with van der Waals surface area (Å²) in [5.74, 6) is 0.0670. The molecule has 3 N–H and O–H groups in total. The fraction of sp³-hybridized carbons (Fsp3) is 0.500. The zero-order valence-electron chi connectivity index (χ0n) is 11.1. The molecule has 0 aromatic heterocycles. The van der Waals surface area contributed by atoms with Crippen molar-refractivity contribution < 1.29 is 4.79 Å². The van der Waals surface area contributed by atoms with E-state index < -0.39 is 0 Å². The van der Waals surface area contributed by atoms with Gasteiger partial charge in [0.25, 0.3) is 0 Å². The van der Waals surface area contributed by atoms with Crippen LogP contribution in [0.2, 0.25) is 5.02 Å². The average molecular weight is 282 g/mol. The molecule has 0 spiro atoms. The minimum absolute atomic E-state index is 0.0298. The third-order valence-corrected chi connectivity index (χ3v) is 3.60. The van der Waals surface area contributed by atoms with E-state index in [1.165, 1.54) is 0 Å². The molecular weight excluding hydrogens is 262 g/mol. The van der Waals surface area contributed by atoms with Crippen LogP contribution >= 0.6 is 11.6 Å². The van der Waals surface area contributed by atoms with Crippen molar-refractivity contribution in [2.45, 2.75) is 24.9 Å². The monoisotopic (exact) mass is 281 g/mol. The molecule has 5 heteroatoms. The number of carbonyl (C=O) groups excluding carboxylic acids is 1. The summed E-state index contributed by atoms with van der Waals surface area (Å²) in [5, 5.41) is 3.68. The van der Waals surface area contributed by atoms with Gasteiger partial charge in [0.2, 0.25) is 5.91 Å². The SMILES string of the molecule is CN(CC(=O)NC1CC1)C(CN)c1ccc(Cl)cc1. The smallest absolute Gasteiger partial charge is 0.234 e. The van der Waals surface area contributed by atoms with Crippen molar-refractivity contribution in [1.82, 2.24) is 10.2 Å². The van der Waals surface area contributed by atoms with E-state index in [1.54, 1.807) is 0 Å². The summed E-state index contributed by atoms with van der Waals surface area (Å²) in [7, 11) is 1.92. The van der Waals surface area contributed by atoms with E-state index in [0.29, 0.717) is 24.2 Å². The number of nitrogens with one attached hydrogen (secondary N) is 1. The van der Waals surface area contributed by atoms with Crippen LogP contribution in [-0.2, 0) is 4.79 Å². The molecule has 1 aromatic carbocycles. The third kappa shape index (κ3) is 4.20.